The zero-order chi connectivity index (χ0) is 18.7. The van der Waals surface area contributed by atoms with Gasteiger partial charge < -0.3 is 14.5 Å². The Morgan fingerprint density at radius 2 is 2.00 bits per heavy atom. The van der Waals surface area contributed by atoms with Gasteiger partial charge in [0.25, 0.3) is 0 Å². The van der Waals surface area contributed by atoms with Crippen LogP contribution in [0.3, 0.4) is 0 Å². The normalized spacial score (nSPS) is 16.5. The molecule has 0 aromatic heterocycles. The predicted octanol–water partition coefficient (Wildman–Crippen LogP) is 4.23. The number of ether oxygens (including phenoxy) is 1. The van der Waals surface area contributed by atoms with E-state index in [9.17, 15) is 4.39 Å². The van der Waals surface area contributed by atoms with Gasteiger partial charge in [-0.25, -0.2) is 9.38 Å². The number of rotatable bonds is 5. The molecule has 0 radical (unpaired) electrons. The smallest absolute Gasteiger partial charge is 0.161 e. The van der Waals surface area contributed by atoms with Gasteiger partial charge >= 0.3 is 0 Å². The molecule has 0 fully saturated rings. The van der Waals surface area contributed by atoms with Crippen LogP contribution in [0, 0.1) is 12.7 Å². The third-order valence-electron chi connectivity index (χ3n) is 4.17. The van der Waals surface area contributed by atoms with Crippen molar-refractivity contribution in [3.8, 4) is 5.75 Å². The molecule has 0 N–H and O–H groups in total. The van der Waals surface area contributed by atoms with Crippen LogP contribution in [0.4, 0.5) is 10.1 Å². The summed E-state index contributed by atoms with van der Waals surface area (Å²) < 4.78 is 18.7. The third kappa shape index (κ3) is 3.85. The number of hydrogen-bond acceptors (Lipinski definition) is 4. The van der Waals surface area contributed by atoms with Gasteiger partial charge in [-0.15, -0.1) is 0 Å². The molecule has 0 amide bonds. The van der Waals surface area contributed by atoms with Crippen LogP contribution in [0.15, 0.2) is 46.5 Å². The molecular formula is C20H22FN3O2. The Morgan fingerprint density at radius 1 is 1.27 bits per heavy atom. The van der Waals surface area contributed by atoms with Crippen LogP contribution in [-0.4, -0.2) is 38.2 Å². The van der Waals surface area contributed by atoms with Crippen molar-refractivity contribution < 1.29 is 14.0 Å². The number of aryl methyl sites for hydroxylation is 1. The van der Waals surface area contributed by atoms with E-state index in [2.05, 4.69) is 10.1 Å². The van der Waals surface area contributed by atoms with Gasteiger partial charge in [0.15, 0.2) is 6.10 Å². The summed E-state index contributed by atoms with van der Waals surface area (Å²) in [6.45, 7) is 2.00. The van der Waals surface area contributed by atoms with Crippen LogP contribution in [0.25, 0.3) is 0 Å². The highest BCUT2D eigenvalue weighted by Crippen LogP contribution is 2.38. The molecule has 0 saturated heterocycles. The second-order valence-electron chi connectivity index (χ2n) is 6.43. The van der Waals surface area contributed by atoms with Crippen LogP contribution in [0.5, 0.6) is 5.75 Å². The summed E-state index contributed by atoms with van der Waals surface area (Å²) in [4.78, 5) is 12.0. The first kappa shape index (κ1) is 17.9. The van der Waals surface area contributed by atoms with E-state index in [0.29, 0.717) is 12.2 Å². The van der Waals surface area contributed by atoms with E-state index in [1.165, 1.54) is 12.1 Å². The van der Waals surface area contributed by atoms with Gasteiger partial charge in [0, 0.05) is 32.1 Å². The molecule has 6 heteroatoms. The molecule has 26 heavy (non-hydrogen) atoms. The molecule has 0 bridgehead atoms. The second-order valence-corrected chi connectivity index (χ2v) is 6.43. The highest BCUT2D eigenvalue weighted by Gasteiger charge is 2.27. The summed E-state index contributed by atoms with van der Waals surface area (Å²) in [7, 11) is 5.47. The summed E-state index contributed by atoms with van der Waals surface area (Å²) in [5, 5.41) is 4.18. The molecule has 136 valence electrons. The number of oxime groups is 1. The molecule has 0 saturated carbocycles. The molecule has 2 aromatic rings. The Balaban J connectivity index is 1.84. The molecule has 0 aliphatic carbocycles. The number of nitrogens with zero attached hydrogens (tertiary/aromatic N) is 3. The Labute approximate surface area is 152 Å². The minimum absolute atomic E-state index is 0.240. The maximum absolute atomic E-state index is 13.1. The molecule has 0 spiro atoms. The van der Waals surface area contributed by atoms with Crippen molar-refractivity contribution in [1.82, 2.24) is 4.90 Å². The minimum Gasteiger partial charge on any atom is -0.496 e. The van der Waals surface area contributed by atoms with Crippen LogP contribution >= 0.6 is 0 Å². The summed E-state index contributed by atoms with van der Waals surface area (Å²) in [6, 6.07) is 10.2. The fourth-order valence-corrected chi connectivity index (χ4v) is 2.80. The van der Waals surface area contributed by atoms with E-state index in [-0.39, 0.29) is 11.9 Å². The van der Waals surface area contributed by atoms with E-state index >= 15 is 0 Å². The van der Waals surface area contributed by atoms with Crippen molar-refractivity contribution in [3.05, 3.63) is 58.9 Å². The van der Waals surface area contributed by atoms with Gasteiger partial charge in [0.05, 0.1) is 24.8 Å². The molecule has 2 aromatic carbocycles. The SMILES string of the molecule is COc1cc(/N=C\N(C)C)c(C)cc1C1CC(c2ccc(F)cc2)=NO1. The summed E-state index contributed by atoms with van der Waals surface area (Å²) >= 11 is 0. The summed E-state index contributed by atoms with van der Waals surface area (Å²) in [6.07, 6.45) is 2.11. The molecular weight excluding hydrogens is 333 g/mol. The van der Waals surface area contributed by atoms with E-state index in [0.717, 1.165) is 28.1 Å². The van der Waals surface area contributed by atoms with Gasteiger partial charge in [-0.1, -0.05) is 17.3 Å². The molecule has 1 aliphatic rings. The highest BCUT2D eigenvalue weighted by atomic mass is 19.1. The van der Waals surface area contributed by atoms with Gasteiger partial charge in [-0.05, 0) is 36.2 Å². The van der Waals surface area contributed by atoms with Gasteiger partial charge in [0.1, 0.15) is 11.6 Å². The van der Waals surface area contributed by atoms with E-state index < -0.39 is 0 Å². The van der Waals surface area contributed by atoms with E-state index in [4.69, 9.17) is 9.57 Å². The van der Waals surface area contributed by atoms with Gasteiger partial charge in [-0.3, -0.25) is 0 Å². The van der Waals surface area contributed by atoms with Crippen molar-refractivity contribution >= 4 is 17.7 Å². The third-order valence-corrected chi connectivity index (χ3v) is 4.17. The zero-order valence-corrected chi connectivity index (χ0v) is 15.4. The monoisotopic (exact) mass is 355 g/mol. The van der Waals surface area contributed by atoms with Crippen molar-refractivity contribution in [2.45, 2.75) is 19.4 Å². The predicted molar refractivity (Wildman–Crippen MR) is 101 cm³/mol. The summed E-state index contributed by atoms with van der Waals surface area (Å²) in [5.74, 6) is 0.443. The van der Waals surface area contributed by atoms with Crippen molar-refractivity contribution in [2.24, 2.45) is 10.1 Å². The number of methoxy groups -OCH3 is 1. The Hall–Kier alpha value is -2.89. The molecule has 1 unspecified atom stereocenters. The van der Waals surface area contributed by atoms with Crippen LogP contribution in [0.1, 0.15) is 29.2 Å². The number of hydrogen-bond donors (Lipinski definition) is 0. The lowest BCUT2D eigenvalue weighted by Gasteiger charge is -2.16. The lowest BCUT2D eigenvalue weighted by Crippen LogP contribution is -2.07. The summed E-state index contributed by atoms with van der Waals surface area (Å²) in [5.41, 5.74) is 4.45. The number of aliphatic imine (C=N–C) groups is 1. The Bertz CT molecular complexity index is 845. The lowest BCUT2D eigenvalue weighted by molar-refractivity contribution is 0.0836. The van der Waals surface area contributed by atoms with Crippen LogP contribution < -0.4 is 4.74 Å². The average Bonchev–Trinajstić information content (AvgIpc) is 3.10. The number of benzene rings is 2. The van der Waals surface area contributed by atoms with E-state index in [1.54, 1.807) is 25.6 Å². The fourth-order valence-electron chi connectivity index (χ4n) is 2.80. The first-order valence-corrected chi connectivity index (χ1v) is 8.35. The van der Waals surface area contributed by atoms with Gasteiger partial charge in [0.2, 0.25) is 0 Å². The second kappa shape index (κ2) is 7.56. The first-order valence-electron chi connectivity index (χ1n) is 8.35. The maximum atomic E-state index is 13.1. The molecule has 1 atom stereocenters. The van der Waals surface area contributed by atoms with Crippen LogP contribution in [-0.2, 0) is 4.84 Å². The molecule has 3 rings (SSSR count). The van der Waals surface area contributed by atoms with Crippen molar-refractivity contribution in [3.63, 3.8) is 0 Å². The topological polar surface area (TPSA) is 46.4 Å². The van der Waals surface area contributed by atoms with Crippen LogP contribution in [0.2, 0.25) is 0 Å². The van der Waals surface area contributed by atoms with E-state index in [1.807, 2.05) is 38.1 Å². The lowest BCUT2D eigenvalue weighted by atomic mass is 9.97. The molecule has 5 nitrogen and oxygen atoms in total. The highest BCUT2D eigenvalue weighted by molar-refractivity contribution is 6.01. The van der Waals surface area contributed by atoms with Crippen molar-refractivity contribution in [1.29, 1.82) is 0 Å². The average molecular weight is 355 g/mol. The minimum atomic E-state index is -0.268. The first-order chi connectivity index (χ1) is 12.5. The number of halogens is 1. The standard InChI is InChI=1S/C20H22FN3O2/c1-13-9-16(19(25-4)10-17(13)22-12-24(2)3)20-11-18(23-26-20)14-5-7-15(21)8-6-14/h5-10,12,20H,11H2,1-4H3/b22-12-. The zero-order valence-electron chi connectivity index (χ0n) is 15.4. The Kier molecular flexibility index (Phi) is 5.21. The fraction of sp³-hybridized carbons (Fsp3) is 0.300. The largest absolute Gasteiger partial charge is 0.496 e. The van der Waals surface area contributed by atoms with Crippen molar-refractivity contribution in [2.75, 3.05) is 21.2 Å². The quantitative estimate of drug-likeness (QED) is 0.596. The maximum Gasteiger partial charge on any atom is 0.161 e. The van der Waals surface area contributed by atoms with Gasteiger partial charge in [-0.2, -0.15) is 0 Å². The Morgan fingerprint density at radius 3 is 2.65 bits per heavy atom. The molecule has 1 heterocycles. The molecule has 1 aliphatic heterocycles.